The maximum absolute atomic E-state index is 13.7. The number of aryl methyl sites for hydroxylation is 1. The third-order valence-corrected chi connectivity index (χ3v) is 2.93. The lowest BCUT2D eigenvalue weighted by atomic mass is 10.2. The van der Waals surface area contributed by atoms with Crippen LogP contribution in [-0.4, -0.2) is 13.2 Å². The van der Waals surface area contributed by atoms with Crippen LogP contribution in [-0.2, 0) is 6.54 Å². The average Bonchev–Trinajstić information content (AvgIpc) is 2.48. The van der Waals surface area contributed by atoms with E-state index < -0.39 is 0 Å². The zero-order valence-electron chi connectivity index (χ0n) is 11.4. The first-order valence-electron chi connectivity index (χ1n) is 6.50. The lowest BCUT2D eigenvalue weighted by molar-refractivity contribution is 0.211. The van der Waals surface area contributed by atoms with Crippen molar-refractivity contribution in [2.24, 2.45) is 5.73 Å². The quantitative estimate of drug-likeness (QED) is 0.824. The fraction of sp³-hybridized carbons (Fsp3) is 0.250. The molecule has 0 spiro atoms. The molecule has 0 aliphatic rings. The Morgan fingerprint density at radius 1 is 1.00 bits per heavy atom. The Bertz CT molecular complexity index is 555. The van der Waals surface area contributed by atoms with Gasteiger partial charge in [-0.3, -0.25) is 0 Å². The molecule has 2 rings (SSSR count). The van der Waals surface area contributed by atoms with Gasteiger partial charge in [0.05, 0.1) is 0 Å². The van der Waals surface area contributed by atoms with Crippen LogP contribution in [0.25, 0.3) is 0 Å². The fourth-order valence-corrected chi connectivity index (χ4v) is 1.76. The Labute approximate surface area is 118 Å². The molecule has 0 atom stereocenters. The van der Waals surface area contributed by atoms with E-state index in [2.05, 4.69) is 0 Å². The molecule has 2 N–H and O–H groups in total. The number of ether oxygens (including phenoxy) is 2. The number of benzene rings is 2. The van der Waals surface area contributed by atoms with Gasteiger partial charge in [0, 0.05) is 6.54 Å². The minimum absolute atomic E-state index is 0.257. The van der Waals surface area contributed by atoms with E-state index in [4.69, 9.17) is 15.2 Å². The van der Waals surface area contributed by atoms with E-state index in [1.54, 1.807) is 25.1 Å². The van der Waals surface area contributed by atoms with E-state index in [1.807, 2.05) is 24.3 Å². The van der Waals surface area contributed by atoms with Crippen molar-refractivity contribution in [1.29, 1.82) is 0 Å². The van der Waals surface area contributed by atoms with Gasteiger partial charge in [0.2, 0.25) is 0 Å². The summed E-state index contributed by atoms with van der Waals surface area (Å²) in [6.07, 6.45) is 0. The zero-order chi connectivity index (χ0) is 14.4. The summed E-state index contributed by atoms with van der Waals surface area (Å²) in [5, 5.41) is 0. The number of hydrogen-bond donors (Lipinski definition) is 1. The molecular formula is C16H18FNO2. The molecule has 0 aliphatic heterocycles. The van der Waals surface area contributed by atoms with Gasteiger partial charge in [0.25, 0.3) is 0 Å². The zero-order valence-corrected chi connectivity index (χ0v) is 11.4. The lowest BCUT2D eigenvalue weighted by Crippen LogP contribution is -2.10. The van der Waals surface area contributed by atoms with Crippen LogP contribution in [0.5, 0.6) is 11.5 Å². The summed E-state index contributed by atoms with van der Waals surface area (Å²) in [6.45, 7) is 2.86. The molecule has 0 fully saturated rings. The summed E-state index contributed by atoms with van der Waals surface area (Å²) >= 11 is 0. The van der Waals surface area contributed by atoms with Gasteiger partial charge in [0.1, 0.15) is 19.0 Å². The summed E-state index contributed by atoms with van der Waals surface area (Å²) in [6, 6.07) is 12.6. The highest BCUT2D eigenvalue weighted by atomic mass is 19.1. The van der Waals surface area contributed by atoms with Crippen molar-refractivity contribution in [3.63, 3.8) is 0 Å². The molecule has 2 aromatic carbocycles. The number of nitrogens with two attached hydrogens (primary N) is 1. The van der Waals surface area contributed by atoms with E-state index in [0.717, 1.165) is 11.3 Å². The molecule has 0 radical (unpaired) electrons. The van der Waals surface area contributed by atoms with Gasteiger partial charge in [-0.05, 0) is 36.2 Å². The maximum atomic E-state index is 13.7. The van der Waals surface area contributed by atoms with Crippen molar-refractivity contribution in [2.75, 3.05) is 13.2 Å². The predicted molar refractivity (Wildman–Crippen MR) is 76.5 cm³/mol. The number of hydrogen-bond acceptors (Lipinski definition) is 3. The minimum atomic E-state index is -0.320. The molecule has 4 heteroatoms. The van der Waals surface area contributed by atoms with Crippen LogP contribution in [0.4, 0.5) is 4.39 Å². The van der Waals surface area contributed by atoms with Crippen LogP contribution in [0, 0.1) is 12.7 Å². The third kappa shape index (κ3) is 3.71. The van der Waals surface area contributed by atoms with Gasteiger partial charge in [0.15, 0.2) is 11.6 Å². The second kappa shape index (κ2) is 6.91. The Balaban J connectivity index is 1.80. The van der Waals surface area contributed by atoms with E-state index >= 15 is 0 Å². The third-order valence-electron chi connectivity index (χ3n) is 2.93. The Kier molecular flexibility index (Phi) is 4.96. The summed E-state index contributed by atoms with van der Waals surface area (Å²) in [5.74, 6) is 0.683. The summed E-state index contributed by atoms with van der Waals surface area (Å²) in [7, 11) is 0. The van der Waals surface area contributed by atoms with Gasteiger partial charge in [-0.2, -0.15) is 0 Å². The molecule has 0 heterocycles. The molecule has 0 saturated heterocycles. The van der Waals surface area contributed by atoms with E-state index in [9.17, 15) is 4.39 Å². The first-order chi connectivity index (χ1) is 9.70. The van der Waals surface area contributed by atoms with Crippen LogP contribution in [0.3, 0.4) is 0 Å². The molecule has 20 heavy (non-hydrogen) atoms. The van der Waals surface area contributed by atoms with E-state index in [0.29, 0.717) is 25.3 Å². The molecule has 2 aromatic rings. The highest BCUT2D eigenvalue weighted by molar-refractivity contribution is 5.30. The summed E-state index contributed by atoms with van der Waals surface area (Å²) in [5.41, 5.74) is 7.14. The molecule has 0 aliphatic carbocycles. The van der Waals surface area contributed by atoms with E-state index in [1.165, 1.54) is 0 Å². The van der Waals surface area contributed by atoms with Gasteiger partial charge in [-0.25, -0.2) is 4.39 Å². The Hall–Kier alpha value is -2.07. The first kappa shape index (κ1) is 14.3. The van der Waals surface area contributed by atoms with Gasteiger partial charge < -0.3 is 15.2 Å². The fourth-order valence-electron chi connectivity index (χ4n) is 1.76. The Morgan fingerprint density at radius 2 is 1.70 bits per heavy atom. The second-order valence-corrected chi connectivity index (χ2v) is 4.43. The molecule has 0 unspecified atom stereocenters. The first-order valence-corrected chi connectivity index (χ1v) is 6.50. The molecule has 3 nitrogen and oxygen atoms in total. The van der Waals surface area contributed by atoms with Gasteiger partial charge in [-0.15, -0.1) is 0 Å². The van der Waals surface area contributed by atoms with Crippen molar-refractivity contribution >= 4 is 0 Å². The van der Waals surface area contributed by atoms with Crippen LogP contribution in [0.15, 0.2) is 42.5 Å². The molecule has 0 saturated carbocycles. The standard InChI is InChI=1S/C16H18FNO2/c1-12-3-2-4-15(16(12)17)20-10-9-19-14-7-5-13(11-18)6-8-14/h2-8H,9-11,18H2,1H3. The predicted octanol–water partition coefficient (Wildman–Crippen LogP) is 3.05. The molecular weight excluding hydrogens is 257 g/mol. The molecule has 0 bridgehead atoms. The van der Waals surface area contributed by atoms with Crippen LogP contribution in [0.2, 0.25) is 0 Å². The number of rotatable bonds is 6. The lowest BCUT2D eigenvalue weighted by Gasteiger charge is -2.10. The average molecular weight is 275 g/mol. The topological polar surface area (TPSA) is 44.5 Å². The second-order valence-electron chi connectivity index (χ2n) is 4.43. The maximum Gasteiger partial charge on any atom is 0.167 e. The van der Waals surface area contributed by atoms with Crippen LogP contribution >= 0.6 is 0 Å². The van der Waals surface area contributed by atoms with Gasteiger partial charge >= 0.3 is 0 Å². The molecule has 106 valence electrons. The highest BCUT2D eigenvalue weighted by Gasteiger charge is 2.05. The summed E-state index contributed by atoms with van der Waals surface area (Å²) < 4.78 is 24.5. The normalized spacial score (nSPS) is 10.3. The summed E-state index contributed by atoms with van der Waals surface area (Å²) in [4.78, 5) is 0. The van der Waals surface area contributed by atoms with Crippen molar-refractivity contribution in [3.05, 3.63) is 59.4 Å². The SMILES string of the molecule is Cc1cccc(OCCOc2ccc(CN)cc2)c1F. The van der Waals surface area contributed by atoms with Crippen LogP contribution in [0.1, 0.15) is 11.1 Å². The molecule has 0 amide bonds. The smallest absolute Gasteiger partial charge is 0.167 e. The number of halogens is 1. The monoisotopic (exact) mass is 275 g/mol. The van der Waals surface area contributed by atoms with Crippen molar-refractivity contribution in [3.8, 4) is 11.5 Å². The molecule has 0 aromatic heterocycles. The van der Waals surface area contributed by atoms with Crippen molar-refractivity contribution in [1.82, 2.24) is 0 Å². The van der Waals surface area contributed by atoms with Crippen molar-refractivity contribution in [2.45, 2.75) is 13.5 Å². The van der Waals surface area contributed by atoms with E-state index in [-0.39, 0.29) is 11.6 Å². The van der Waals surface area contributed by atoms with Crippen molar-refractivity contribution < 1.29 is 13.9 Å². The minimum Gasteiger partial charge on any atom is -0.490 e. The Morgan fingerprint density at radius 3 is 2.40 bits per heavy atom. The largest absolute Gasteiger partial charge is 0.490 e. The van der Waals surface area contributed by atoms with Gasteiger partial charge in [-0.1, -0.05) is 24.3 Å². The van der Waals surface area contributed by atoms with Crippen LogP contribution < -0.4 is 15.2 Å². The highest BCUT2D eigenvalue weighted by Crippen LogP contribution is 2.19.